The fourth-order valence-corrected chi connectivity index (χ4v) is 1.04. The number of rotatable bonds is 12. The van der Waals surface area contributed by atoms with Crippen LogP contribution in [0.2, 0.25) is 0 Å². The highest BCUT2D eigenvalue weighted by molar-refractivity contribution is 4.35. The Kier molecular flexibility index (Phi) is 24.7. The maximum Gasteiger partial charge on any atom is 0.0700 e. The molecule has 0 aliphatic rings. The van der Waals surface area contributed by atoms with Gasteiger partial charge < -0.3 is 19.7 Å². The Balaban J connectivity index is 0. The molecule has 0 aromatic rings. The van der Waals surface area contributed by atoms with E-state index >= 15 is 0 Å². The maximum atomic E-state index is 8.09. The van der Waals surface area contributed by atoms with Gasteiger partial charge in [-0.2, -0.15) is 0 Å². The number of aliphatic hydroxyl groups is 2. The van der Waals surface area contributed by atoms with Gasteiger partial charge in [-0.3, -0.25) is 0 Å². The van der Waals surface area contributed by atoms with Crippen molar-refractivity contribution in [3.63, 3.8) is 0 Å². The second-order valence-electron chi connectivity index (χ2n) is 4.09. The van der Waals surface area contributed by atoms with Gasteiger partial charge in [0.15, 0.2) is 0 Å². The molecular weight excluding hydrogens is 232 g/mol. The van der Waals surface area contributed by atoms with Gasteiger partial charge in [-0.1, -0.05) is 26.7 Å². The van der Waals surface area contributed by atoms with Crippen molar-refractivity contribution in [1.82, 2.24) is 0 Å². The minimum atomic E-state index is 0.195. The van der Waals surface area contributed by atoms with Gasteiger partial charge in [-0.25, -0.2) is 0 Å². The summed E-state index contributed by atoms with van der Waals surface area (Å²) >= 11 is 0. The highest BCUT2D eigenvalue weighted by Gasteiger charge is 1.88. The lowest BCUT2D eigenvalue weighted by molar-refractivity contribution is 0.0457. The molecule has 0 rings (SSSR count). The lowest BCUT2D eigenvalue weighted by Crippen LogP contribution is -2.05. The molecule has 0 saturated carbocycles. The summed E-state index contributed by atoms with van der Waals surface area (Å²) in [5.41, 5.74) is 0. The summed E-state index contributed by atoms with van der Waals surface area (Å²) in [7, 11) is 0. The Labute approximate surface area is 112 Å². The molecule has 0 fully saturated rings. The SMILES string of the molecule is CCCCOCCOCCCC.OCCCCO. The normalized spacial score (nSPS) is 10.0. The van der Waals surface area contributed by atoms with Crippen LogP contribution in [-0.4, -0.2) is 49.9 Å². The number of ether oxygens (including phenoxy) is 2. The second-order valence-corrected chi connectivity index (χ2v) is 4.09. The molecule has 4 nitrogen and oxygen atoms in total. The van der Waals surface area contributed by atoms with E-state index < -0.39 is 0 Å². The first-order valence-corrected chi connectivity index (χ1v) is 7.20. The molecule has 0 aliphatic carbocycles. The van der Waals surface area contributed by atoms with Crippen LogP contribution in [0.3, 0.4) is 0 Å². The molecule has 112 valence electrons. The van der Waals surface area contributed by atoms with Crippen molar-refractivity contribution in [2.75, 3.05) is 39.6 Å². The highest BCUT2D eigenvalue weighted by atomic mass is 16.5. The Morgan fingerprint density at radius 2 is 1.00 bits per heavy atom. The Morgan fingerprint density at radius 3 is 1.28 bits per heavy atom. The summed E-state index contributed by atoms with van der Waals surface area (Å²) in [6.07, 6.45) is 6.17. The topological polar surface area (TPSA) is 58.9 Å². The molecule has 0 heterocycles. The Bertz CT molecular complexity index is 106. The zero-order chi connectivity index (χ0) is 13.9. The van der Waals surface area contributed by atoms with E-state index in [-0.39, 0.29) is 13.2 Å². The van der Waals surface area contributed by atoms with Crippen LogP contribution < -0.4 is 0 Å². The van der Waals surface area contributed by atoms with E-state index in [1.54, 1.807) is 0 Å². The minimum Gasteiger partial charge on any atom is -0.396 e. The molecule has 0 unspecified atom stereocenters. The number of unbranched alkanes of at least 4 members (excludes halogenated alkanes) is 3. The summed E-state index contributed by atoms with van der Waals surface area (Å²) < 4.78 is 10.7. The molecule has 0 aromatic heterocycles. The Hall–Kier alpha value is -0.160. The third-order valence-corrected chi connectivity index (χ3v) is 2.22. The van der Waals surface area contributed by atoms with Gasteiger partial charge in [0.25, 0.3) is 0 Å². The molecule has 0 aromatic carbocycles. The van der Waals surface area contributed by atoms with Crippen molar-refractivity contribution >= 4 is 0 Å². The van der Waals surface area contributed by atoms with Gasteiger partial charge in [-0.05, 0) is 25.7 Å². The largest absolute Gasteiger partial charge is 0.396 e. The molecule has 0 atom stereocenters. The number of aliphatic hydroxyl groups excluding tert-OH is 2. The van der Waals surface area contributed by atoms with Crippen molar-refractivity contribution in [3.05, 3.63) is 0 Å². The zero-order valence-corrected chi connectivity index (χ0v) is 12.2. The maximum absolute atomic E-state index is 8.09. The van der Waals surface area contributed by atoms with E-state index in [1.807, 2.05) is 0 Å². The quantitative estimate of drug-likeness (QED) is 0.531. The van der Waals surface area contributed by atoms with Gasteiger partial charge in [0.05, 0.1) is 13.2 Å². The van der Waals surface area contributed by atoms with Crippen LogP contribution in [-0.2, 0) is 9.47 Å². The average molecular weight is 264 g/mol. The summed E-state index contributed by atoms with van der Waals surface area (Å²) in [5.74, 6) is 0. The van der Waals surface area contributed by atoms with E-state index in [2.05, 4.69) is 13.8 Å². The molecule has 0 amide bonds. The van der Waals surface area contributed by atoms with E-state index in [0.717, 1.165) is 52.1 Å². The van der Waals surface area contributed by atoms with Crippen LogP contribution in [0.25, 0.3) is 0 Å². The predicted molar refractivity (Wildman–Crippen MR) is 74.9 cm³/mol. The second kappa shape index (κ2) is 22.1. The first-order chi connectivity index (χ1) is 8.83. The van der Waals surface area contributed by atoms with Crippen molar-refractivity contribution in [1.29, 1.82) is 0 Å². The molecule has 0 aliphatic heterocycles. The number of hydrogen-bond acceptors (Lipinski definition) is 4. The van der Waals surface area contributed by atoms with Crippen LogP contribution >= 0.6 is 0 Å². The standard InChI is InChI=1S/C10H22O2.C4H10O2/c1-3-5-7-11-9-10-12-8-6-4-2;5-3-1-2-4-6/h3-10H2,1-2H3;5-6H,1-4H2. The third-order valence-electron chi connectivity index (χ3n) is 2.22. The lowest BCUT2D eigenvalue weighted by Gasteiger charge is -2.03. The van der Waals surface area contributed by atoms with Crippen molar-refractivity contribution in [2.24, 2.45) is 0 Å². The first kappa shape index (κ1) is 20.2. The molecule has 0 saturated heterocycles. The van der Waals surface area contributed by atoms with Gasteiger partial charge in [0, 0.05) is 26.4 Å². The fourth-order valence-electron chi connectivity index (χ4n) is 1.04. The molecule has 0 spiro atoms. The summed E-state index contributed by atoms with van der Waals surface area (Å²) in [4.78, 5) is 0. The van der Waals surface area contributed by atoms with E-state index in [0.29, 0.717) is 0 Å². The molecule has 4 heteroatoms. The van der Waals surface area contributed by atoms with E-state index in [4.69, 9.17) is 19.7 Å². The average Bonchev–Trinajstić information content (AvgIpc) is 2.40. The highest BCUT2D eigenvalue weighted by Crippen LogP contribution is 1.90. The van der Waals surface area contributed by atoms with Crippen LogP contribution in [0.1, 0.15) is 52.4 Å². The first-order valence-electron chi connectivity index (χ1n) is 7.20. The van der Waals surface area contributed by atoms with Crippen molar-refractivity contribution in [2.45, 2.75) is 52.4 Å². The van der Waals surface area contributed by atoms with Gasteiger partial charge in [-0.15, -0.1) is 0 Å². The lowest BCUT2D eigenvalue weighted by atomic mass is 10.3. The van der Waals surface area contributed by atoms with E-state index in [1.165, 1.54) is 12.8 Å². The van der Waals surface area contributed by atoms with Crippen molar-refractivity contribution in [3.8, 4) is 0 Å². The molecule has 18 heavy (non-hydrogen) atoms. The van der Waals surface area contributed by atoms with Gasteiger partial charge >= 0.3 is 0 Å². The molecule has 2 N–H and O–H groups in total. The van der Waals surface area contributed by atoms with Crippen LogP contribution in [0.15, 0.2) is 0 Å². The predicted octanol–water partition coefficient (Wildman–Crippen LogP) is 2.37. The Morgan fingerprint density at radius 1 is 0.611 bits per heavy atom. The molecule has 0 bridgehead atoms. The summed E-state index contributed by atoms with van der Waals surface area (Å²) in [5, 5.41) is 16.2. The third kappa shape index (κ3) is 24.9. The van der Waals surface area contributed by atoms with Crippen LogP contribution in [0, 0.1) is 0 Å². The van der Waals surface area contributed by atoms with Crippen LogP contribution in [0.4, 0.5) is 0 Å². The summed E-state index contributed by atoms with van der Waals surface area (Å²) in [6.45, 7) is 8.00. The smallest absolute Gasteiger partial charge is 0.0700 e. The van der Waals surface area contributed by atoms with Crippen LogP contribution in [0.5, 0.6) is 0 Å². The van der Waals surface area contributed by atoms with Crippen molar-refractivity contribution < 1.29 is 19.7 Å². The molecular formula is C14H32O4. The fraction of sp³-hybridized carbons (Fsp3) is 1.00. The monoisotopic (exact) mass is 264 g/mol. The summed E-state index contributed by atoms with van der Waals surface area (Å²) in [6, 6.07) is 0. The van der Waals surface area contributed by atoms with E-state index in [9.17, 15) is 0 Å². The molecule has 0 radical (unpaired) electrons. The number of hydrogen-bond donors (Lipinski definition) is 2. The van der Waals surface area contributed by atoms with Gasteiger partial charge in [0.2, 0.25) is 0 Å². The minimum absolute atomic E-state index is 0.195. The van der Waals surface area contributed by atoms with Gasteiger partial charge in [0.1, 0.15) is 0 Å². The zero-order valence-electron chi connectivity index (χ0n) is 12.2.